The predicted molar refractivity (Wildman–Crippen MR) is 139 cm³/mol. The van der Waals surface area contributed by atoms with Gasteiger partial charge in [0.2, 0.25) is 21.8 Å². The molecule has 2 aromatic rings. The summed E-state index contributed by atoms with van der Waals surface area (Å²) in [7, 11) is -2.18. The van der Waals surface area contributed by atoms with Crippen LogP contribution in [0.15, 0.2) is 48.5 Å². The molecule has 0 aliphatic rings. The van der Waals surface area contributed by atoms with Crippen molar-refractivity contribution in [2.45, 2.75) is 58.7 Å². The van der Waals surface area contributed by atoms with Crippen molar-refractivity contribution in [2.24, 2.45) is 0 Å². The second-order valence-corrected chi connectivity index (χ2v) is 10.7. The predicted octanol–water partition coefficient (Wildman–Crippen LogP) is 3.71. The molecule has 2 aromatic carbocycles. The molecular weight excluding hydrogens is 485 g/mol. The summed E-state index contributed by atoms with van der Waals surface area (Å²) in [5.41, 5.74) is 1.07. The van der Waals surface area contributed by atoms with Crippen LogP contribution in [-0.2, 0) is 26.2 Å². The molecule has 0 bridgehead atoms. The molecule has 36 heavy (non-hydrogen) atoms. The molecular formula is C26H36FN3O5S. The summed E-state index contributed by atoms with van der Waals surface area (Å²) >= 11 is 0. The molecule has 2 rings (SSSR count). The van der Waals surface area contributed by atoms with E-state index in [0.717, 1.165) is 12.7 Å². The Balaban J connectivity index is 2.19. The fourth-order valence-electron chi connectivity index (χ4n) is 3.65. The van der Waals surface area contributed by atoms with Gasteiger partial charge in [0.05, 0.1) is 19.1 Å². The van der Waals surface area contributed by atoms with E-state index in [1.807, 2.05) is 13.8 Å². The number of rotatable bonds is 13. The zero-order valence-electron chi connectivity index (χ0n) is 21.5. The molecule has 2 atom stereocenters. The topological polar surface area (TPSA) is 96.0 Å². The number of nitrogens with one attached hydrogen (secondary N) is 1. The van der Waals surface area contributed by atoms with Gasteiger partial charge in [-0.3, -0.25) is 13.9 Å². The molecule has 10 heteroatoms. The van der Waals surface area contributed by atoms with Gasteiger partial charge >= 0.3 is 0 Å². The van der Waals surface area contributed by atoms with Gasteiger partial charge in [0.15, 0.2) is 0 Å². The fourth-order valence-corrected chi connectivity index (χ4v) is 4.62. The summed E-state index contributed by atoms with van der Waals surface area (Å²) in [5.74, 6) is -0.579. The number of sulfonamides is 1. The number of halogens is 1. The zero-order valence-corrected chi connectivity index (χ0v) is 22.3. The van der Waals surface area contributed by atoms with Crippen LogP contribution in [-0.4, -0.2) is 57.1 Å². The lowest BCUT2D eigenvalue weighted by Crippen LogP contribution is -2.49. The first-order chi connectivity index (χ1) is 17.0. The quantitative estimate of drug-likeness (QED) is 0.434. The highest BCUT2D eigenvalue weighted by Crippen LogP contribution is 2.29. The van der Waals surface area contributed by atoms with E-state index in [1.54, 1.807) is 43.3 Å². The van der Waals surface area contributed by atoms with Crippen molar-refractivity contribution in [3.8, 4) is 5.75 Å². The molecule has 1 N–H and O–H groups in total. The number of ether oxygens (including phenoxy) is 1. The second-order valence-electron chi connectivity index (χ2n) is 8.75. The number of methoxy groups -OCH3 is 1. The van der Waals surface area contributed by atoms with Crippen molar-refractivity contribution in [3.05, 3.63) is 59.9 Å². The number of anilines is 1. The normalized spacial score (nSPS) is 12.9. The van der Waals surface area contributed by atoms with Crippen LogP contribution in [0.4, 0.5) is 10.1 Å². The molecule has 0 aromatic heterocycles. The van der Waals surface area contributed by atoms with Crippen LogP contribution in [0.5, 0.6) is 5.75 Å². The smallest absolute Gasteiger partial charge is 0.242 e. The van der Waals surface area contributed by atoms with Crippen LogP contribution in [0, 0.1) is 5.82 Å². The summed E-state index contributed by atoms with van der Waals surface area (Å²) in [6.07, 6.45) is 2.09. The number of amides is 2. The van der Waals surface area contributed by atoms with Gasteiger partial charge in [-0.15, -0.1) is 0 Å². The van der Waals surface area contributed by atoms with E-state index in [-0.39, 0.29) is 43.8 Å². The van der Waals surface area contributed by atoms with Crippen molar-refractivity contribution < 1.29 is 27.1 Å². The molecule has 0 aliphatic heterocycles. The lowest BCUT2D eigenvalue weighted by molar-refractivity contribution is -0.140. The highest BCUT2D eigenvalue weighted by atomic mass is 32.2. The molecule has 8 nitrogen and oxygen atoms in total. The number of hydrogen-bond acceptors (Lipinski definition) is 5. The van der Waals surface area contributed by atoms with Crippen molar-refractivity contribution in [2.75, 3.05) is 24.2 Å². The number of benzene rings is 2. The molecule has 0 heterocycles. The average molecular weight is 522 g/mol. The molecule has 198 valence electrons. The van der Waals surface area contributed by atoms with Crippen LogP contribution in [0.3, 0.4) is 0 Å². The van der Waals surface area contributed by atoms with E-state index in [9.17, 15) is 22.4 Å². The summed E-state index contributed by atoms with van der Waals surface area (Å²) in [5, 5.41) is 2.89. The van der Waals surface area contributed by atoms with E-state index in [4.69, 9.17) is 4.74 Å². The van der Waals surface area contributed by atoms with Gasteiger partial charge in [0.1, 0.15) is 17.6 Å². The molecule has 0 fully saturated rings. The highest BCUT2D eigenvalue weighted by Gasteiger charge is 2.27. The summed E-state index contributed by atoms with van der Waals surface area (Å²) in [6.45, 7) is 5.66. The third-order valence-corrected chi connectivity index (χ3v) is 7.12. The monoisotopic (exact) mass is 521 g/mol. The van der Waals surface area contributed by atoms with Crippen molar-refractivity contribution >= 4 is 27.5 Å². The van der Waals surface area contributed by atoms with E-state index in [1.165, 1.54) is 28.4 Å². The molecule has 0 saturated carbocycles. The van der Waals surface area contributed by atoms with Gasteiger partial charge in [-0.2, -0.15) is 0 Å². The number of carbonyl (C=O) groups excluding carboxylic acids is 2. The summed E-state index contributed by atoms with van der Waals surface area (Å²) in [6, 6.07) is 11.7. The van der Waals surface area contributed by atoms with Crippen molar-refractivity contribution in [1.29, 1.82) is 0 Å². The molecule has 0 saturated heterocycles. The molecule has 2 unspecified atom stereocenters. The zero-order chi connectivity index (χ0) is 26.9. The third-order valence-electron chi connectivity index (χ3n) is 5.94. The van der Waals surface area contributed by atoms with Crippen LogP contribution in [0.25, 0.3) is 0 Å². The molecule has 0 aliphatic carbocycles. The number of hydrogen-bond donors (Lipinski definition) is 1. The maximum atomic E-state index is 13.4. The SMILES string of the molecule is CCC(C)NC(=O)C(C)N(Cc1ccc(F)cc1)C(=O)CCCN(c1ccccc1OC)S(C)(=O)=O. The van der Waals surface area contributed by atoms with Crippen LogP contribution in [0.2, 0.25) is 0 Å². The Labute approximate surface area is 213 Å². The van der Waals surface area contributed by atoms with E-state index in [2.05, 4.69) is 5.32 Å². The van der Waals surface area contributed by atoms with Crippen LogP contribution < -0.4 is 14.4 Å². The molecule has 2 amide bonds. The van der Waals surface area contributed by atoms with Gasteiger partial charge in [-0.05, 0) is 56.5 Å². The Bertz CT molecular complexity index is 1120. The fraction of sp³-hybridized carbons (Fsp3) is 0.462. The summed E-state index contributed by atoms with van der Waals surface area (Å²) < 4.78 is 44.9. The van der Waals surface area contributed by atoms with E-state index < -0.39 is 21.9 Å². The first-order valence-corrected chi connectivity index (χ1v) is 13.8. The third kappa shape index (κ3) is 8.22. The minimum atomic E-state index is -3.64. The van der Waals surface area contributed by atoms with E-state index >= 15 is 0 Å². The highest BCUT2D eigenvalue weighted by molar-refractivity contribution is 7.92. The maximum absolute atomic E-state index is 13.4. The Morgan fingerprint density at radius 1 is 1.08 bits per heavy atom. The lowest BCUT2D eigenvalue weighted by atomic mass is 10.1. The number of nitrogens with zero attached hydrogens (tertiary/aromatic N) is 2. The summed E-state index contributed by atoms with van der Waals surface area (Å²) in [4.78, 5) is 27.5. The first kappa shape index (κ1) is 29.1. The van der Waals surface area contributed by atoms with Crippen LogP contribution >= 0.6 is 0 Å². The maximum Gasteiger partial charge on any atom is 0.242 e. The van der Waals surface area contributed by atoms with Crippen LogP contribution in [0.1, 0.15) is 45.6 Å². The van der Waals surface area contributed by atoms with Gasteiger partial charge < -0.3 is 15.0 Å². The first-order valence-electron chi connectivity index (χ1n) is 11.9. The van der Waals surface area contributed by atoms with Crippen molar-refractivity contribution in [3.63, 3.8) is 0 Å². The van der Waals surface area contributed by atoms with Gasteiger partial charge in [-0.1, -0.05) is 31.2 Å². The molecule has 0 spiro atoms. The van der Waals surface area contributed by atoms with Gasteiger partial charge in [-0.25, -0.2) is 12.8 Å². The average Bonchev–Trinajstić information content (AvgIpc) is 2.84. The van der Waals surface area contributed by atoms with Gasteiger partial charge in [0, 0.05) is 25.6 Å². The minimum absolute atomic E-state index is 0.0172. The van der Waals surface area contributed by atoms with Crippen molar-refractivity contribution in [1.82, 2.24) is 10.2 Å². The van der Waals surface area contributed by atoms with E-state index in [0.29, 0.717) is 17.0 Å². The molecule has 0 radical (unpaired) electrons. The largest absolute Gasteiger partial charge is 0.495 e. The lowest BCUT2D eigenvalue weighted by Gasteiger charge is -2.30. The Morgan fingerprint density at radius 2 is 1.72 bits per heavy atom. The Kier molecular flexibility index (Phi) is 10.7. The van der Waals surface area contributed by atoms with Gasteiger partial charge in [0.25, 0.3) is 0 Å². The number of carbonyl (C=O) groups is 2. The minimum Gasteiger partial charge on any atom is -0.495 e. The Hall–Kier alpha value is -3.14. The Morgan fingerprint density at radius 3 is 2.31 bits per heavy atom. The standard InChI is InChI=1S/C26H36FN3O5S/c1-6-19(2)28-26(32)20(3)29(18-21-13-15-22(27)16-14-21)25(31)12-9-17-30(36(5,33)34)23-10-7-8-11-24(23)35-4/h7-8,10-11,13-16,19-20H,6,9,12,17-18H2,1-5H3,(H,28,32). The second kappa shape index (κ2) is 13.2. The number of para-hydroxylation sites is 2.